The highest BCUT2D eigenvalue weighted by Gasteiger charge is 2.27. The van der Waals surface area contributed by atoms with Crippen molar-refractivity contribution in [1.82, 2.24) is 19.4 Å². The van der Waals surface area contributed by atoms with Crippen LogP contribution >= 0.6 is 0 Å². The van der Waals surface area contributed by atoms with Gasteiger partial charge in [-0.25, -0.2) is 4.98 Å². The molecule has 94 valence electrons. The van der Waals surface area contributed by atoms with Gasteiger partial charge in [-0.3, -0.25) is 9.88 Å². The molecule has 1 aliphatic rings. The number of likely N-dealkylation sites (tertiary alicyclic amines) is 1. The van der Waals surface area contributed by atoms with Crippen LogP contribution < -0.4 is 0 Å². The predicted octanol–water partition coefficient (Wildman–Crippen LogP) is 2.15. The van der Waals surface area contributed by atoms with E-state index in [-0.39, 0.29) is 0 Å². The predicted molar refractivity (Wildman–Crippen MR) is 69.8 cm³/mol. The van der Waals surface area contributed by atoms with Crippen molar-refractivity contribution >= 4 is 0 Å². The lowest BCUT2D eigenvalue weighted by molar-refractivity contribution is 0.239. The van der Waals surface area contributed by atoms with E-state index in [1.54, 1.807) is 0 Å². The first kappa shape index (κ1) is 11.4. The Bertz CT molecular complexity index is 506. The Morgan fingerprint density at radius 1 is 1.39 bits per heavy atom. The number of hydrogen-bond donors (Lipinski definition) is 0. The molecule has 0 aromatic carbocycles. The van der Waals surface area contributed by atoms with Crippen LogP contribution in [0.1, 0.15) is 30.3 Å². The van der Waals surface area contributed by atoms with Crippen LogP contribution in [0.4, 0.5) is 0 Å². The van der Waals surface area contributed by atoms with E-state index in [1.165, 1.54) is 24.2 Å². The van der Waals surface area contributed by atoms with Crippen molar-refractivity contribution < 1.29 is 0 Å². The molecule has 3 rings (SSSR count). The van der Waals surface area contributed by atoms with Gasteiger partial charge in [0.2, 0.25) is 0 Å². The lowest BCUT2D eigenvalue weighted by atomic mass is 10.1. The molecule has 1 atom stereocenters. The summed E-state index contributed by atoms with van der Waals surface area (Å²) >= 11 is 0. The van der Waals surface area contributed by atoms with E-state index in [4.69, 9.17) is 0 Å². The molecule has 0 aliphatic carbocycles. The third-order valence-electron chi connectivity index (χ3n) is 3.67. The summed E-state index contributed by atoms with van der Waals surface area (Å²) in [6.07, 6.45) is 8.15. The highest BCUT2D eigenvalue weighted by molar-refractivity contribution is 5.11. The molecule has 4 heteroatoms. The van der Waals surface area contributed by atoms with E-state index in [0.717, 1.165) is 13.1 Å². The van der Waals surface area contributed by atoms with Crippen LogP contribution in [-0.2, 0) is 13.6 Å². The second-order valence-electron chi connectivity index (χ2n) is 4.88. The minimum Gasteiger partial charge on any atom is -0.337 e. The number of aryl methyl sites for hydroxylation is 1. The van der Waals surface area contributed by atoms with E-state index in [0.29, 0.717) is 6.04 Å². The van der Waals surface area contributed by atoms with Gasteiger partial charge in [0.1, 0.15) is 0 Å². The highest BCUT2D eigenvalue weighted by Crippen LogP contribution is 2.31. The number of nitrogens with zero attached hydrogens (tertiary/aromatic N) is 4. The number of rotatable bonds is 3. The third kappa shape index (κ3) is 2.16. The first-order valence-electron chi connectivity index (χ1n) is 6.45. The van der Waals surface area contributed by atoms with Gasteiger partial charge >= 0.3 is 0 Å². The first-order valence-corrected chi connectivity index (χ1v) is 6.45. The smallest absolute Gasteiger partial charge is 0.0945 e. The van der Waals surface area contributed by atoms with Gasteiger partial charge in [-0.05, 0) is 31.5 Å². The van der Waals surface area contributed by atoms with E-state index in [1.807, 2.05) is 31.8 Å². The molecule has 1 saturated heterocycles. The molecule has 0 N–H and O–H groups in total. The zero-order chi connectivity index (χ0) is 12.4. The average molecular weight is 242 g/mol. The summed E-state index contributed by atoms with van der Waals surface area (Å²) in [6, 6.07) is 6.64. The summed E-state index contributed by atoms with van der Waals surface area (Å²) in [5.41, 5.74) is 2.45. The molecule has 0 spiro atoms. The normalized spacial score (nSPS) is 20.4. The minimum absolute atomic E-state index is 0.459. The fourth-order valence-corrected chi connectivity index (χ4v) is 2.67. The van der Waals surface area contributed by atoms with E-state index in [9.17, 15) is 0 Å². The molecule has 3 heterocycles. The maximum Gasteiger partial charge on any atom is 0.0945 e. The summed E-state index contributed by atoms with van der Waals surface area (Å²) in [7, 11) is 2.05. The molecule has 1 fully saturated rings. The Kier molecular flexibility index (Phi) is 3.11. The van der Waals surface area contributed by atoms with Crippen molar-refractivity contribution in [3.05, 3.63) is 48.3 Å². The Labute approximate surface area is 107 Å². The van der Waals surface area contributed by atoms with Crippen molar-refractivity contribution in [2.45, 2.75) is 25.4 Å². The van der Waals surface area contributed by atoms with Crippen LogP contribution in [0, 0.1) is 0 Å². The summed E-state index contributed by atoms with van der Waals surface area (Å²) in [5, 5.41) is 0. The van der Waals surface area contributed by atoms with Crippen LogP contribution in [0.25, 0.3) is 0 Å². The molecule has 2 aromatic heterocycles. The Morgan fingerprint density at radius 2 is 2.33 bits per heavy atom. The zero-order valence-corrected chi connectivity index (χ0v) is 10.7. The second-order valence-corrected chi connectivity index (χ2v) is 4.88. The topological polar surface area (TPSA) is 34.0 Å². The summed E-state index contributed by atoms with van der Waals surface area (Å²) in [4.78, 5) is 11.2. The number of imidazole rings is 1. The van der Waals surface area contributed by atoms with Gasteiger partial charge in [0.05, 0.1) is 23.8 Å². The van der Waals surface area contributed by atoms with Gasteiger partial charge in [0.15, 0.2) is 0 Å². The van der Waals surface area contributed by atoms with Gasteiger partial charge in [0, 0.05) is 26.0 Å². The fourth-order valence-electron chi connectivity index (χ4n) is 2.67. The lowest BCUT2D eigenvalue weighted by Gasteiger charge is -2.23. The van der Waals surface area contributed by atoms with Crippen LogP contribution in [0.2, 0.25) is 0 Å². The van der Waals surface area contributed by atoms with E-state index >= 15 is 0 Å². The van der Waals surface area contributed by atoms with Crippen molar-refractivity contribution in [1.29, 1.82) is 0 Å². The standard InChI is InChI=1S/C14H18N4/c1-17-11-15-9-12(17)10-18-8-4-6-14(18)13-5-2-3-7-16-13/h2-3,5,7,9,11,14H,4,6,8,10H2,1H3. The van der Waals surface area contributed by atoms with Crippen LogP contribution in [0.15, 0.2) is 36.9 Å². The largest absolute Gasteiger partial charge is 0.337 e. The van der Waals surface area contributed by atoms with Crippen LogP contribution in [0.3, 0.4) is 0 Å². The number of pyridine rings is 1. The molecule has 0 bridgehead atoms. The molecule has 2 aromatic rings. The van der Waals surface area contributed by atoms with E-state index in [2.05, 4.69) is 31.6 Å². The van der Waals surface area contributed by atoms with Gasteiger partial charge in [-0.2, -0.15) is 0 Å². The van der Waals surface area contributed by atoms with Gasteiger partial charge in [-0.1, -0.05) is 6.07 Å². The summed E-state index contributed by atoms with van der Waals surface area (Å²) in [5.74, 6) is 0. The van der Waals surface area contributed by atoms with Crippen molar-refractivity contribution in [2.75, 3.05) is 6.54 Å². The van der Waals surface area contributed by atoms with Crippen LogP contribution in [-0.4, -0.2) is 26.0 Å². The number of aromatic nitrogens is 3. The quantitative estimate of drug-likeness (QED) is 0.827. The van der Waals surface area contributed by atoms with Crippen molar-refractivity contribution in [3.8, 4) is 0 Å². The molecular formula is C14H18N4. The molecule has 1 unspecified atom stereocenters. The van der Waals surface area contributed by atoms with Crippen molar-refractivity contribution in [3.63, 3.8) is 0 Å². The molecule has 4 nitrogen and oxygen atoms in total. The molecule has 1 aliphatic heterocycles. The van der Waals surface area contributed by atoms with E-state index < -0.39 is 0 Å². The molecule has 0 radical (unpaired) electrons. The number of hydrogen-bond acceptors (Lipinski definition) is 3. The first-order chi connectivity index (χ1) is 8.84. The maximum absolute atomic E-state index is 4.50. The van der Waals surface area contributed by atoms with Gasteiger partial charge < -0.3 is 4.57 Å². The molecule has 18 heavy (non-hydrogen) atoms. The highest BCUT2D eigenvalue weighted by atomic mass is 15.2. The molecule has 0 saturated carbocycles. The summed E-state index contributed by atoms with van der Waals surface area (Å²) < 4.78 is 2.09. The molecular weight excluding hydrogens is 224 g/mol. The Balaban J connectivity index is 1.78. The van der Waals surface area contributed by atoms with Gasteiger partial charge in [-0.15, -0.1) is 0 Å². The van der Waals surface area contributed by atoms with Gasteiger partial charge in [0.25, 0.3) is 0 Å². The van der Waals surface area contributed by atoms with Crippen molar-refractivity contribution in [2.24, 2.45) is 7.05 Å². The maximum atomic E-state index is 4.50. The summed E-state index contributed by atoms with van der Waals surface area (Å²) in [6.45, 7) is 2.10. The minimum atomic E-state index is 0.459. The van der Waals surface area contributed by atoms with Crippen LogP contribution in [0.5, 0.6) is 0 Å². The lowest BCUT2D eigenvalue weighted by Crippen LogP contribution is -2.24. The molecule has 0 amide bonds. The zero-order valence-electron chi connectivity index (χ0n) is 10.7. The fraction of sp³-hybridized carbons (Fsp3) is 0.429. The SMILES string of the molecule is Cn1cncc1CN1CCCC1c1ccccn1. The Morgan fingerprint density at radius 3 is 3.06 bits per heavy atom. The second kappa shape index (κ2) is 4.90. The monoisotopic (exact) mass is 242 g/mol. The average Bonchev–Trinajstić information content (AvgIpc) is 3.01. The third-order valence-corrected chi connectivity index (χ3v) is 3.67. The Hall–Kier alpha value is -1.68.